The molecule has 1 fully saturated rings. The lowest BCUT2D eigenvalue weighted by atomic mass is 10.1. The Morgan fingerprint density at radius 3 is 2.65 bits per heavy atom. The molecule has 0 bridgehead atoms. The van der Waals surface area contributed by atoms with Crippen molar-refractivity contribution in [2.24, 2.45) is 5.92 Å². The van der Waals surface area contributed by atoms with E-state index >= 15 is 0 Å². The van der Waals surface area contributed by atoms with Gasteiger partial charge in [0, 0.05) is 32.5 Å². The van der Waals surface area contributed by atoms with Crippen molar-refractivity contribution in [2.75, 3.05) is 26.8 Å². The zero-order valence-corrected chi connectivity index (χ0v) is 13.0. The van der Waals surface area contributed by atoms with Gasteiger partial charge < -0.3 is 15.0 Å². The van der Waals surface area contributed by atoms with E-state index in [1.807, 2.05) is 0 Å². The molecular weight excluding hydrogens is 309 g/mol. The second kappa shape index (κ2) is 7.68. The fraction of sp³-hybridized carbons (Fsp3) is 0.562. The van der Waals surface area contributed by atoms with Crippen LogP contribution in [-0.2, 0) is 11.2 Å². The summed E-state index contributed by atoms with van der Waals surface area (Å²) in [6.45, 7) is 1.57. The average Bonchev–Trinajstić information content (AvgIpc) is 2.99. The number of hydrogen-bond acceptors (Lipinski definition) is 2. The predicted octanol–water partition coefficient (Wildman–Crippen LogP) is 2.84. The molecule has 0 unspecified atom stereocenters. The van der Waals surface area contributed by atoms with Crippen molar-refractivity contribution in [3.05, 3.63) is 35.9 Å². The molecule has 1 heterocycles. The Bertz CT molecular complexity index is 502. The van der Waals surface area contributed by atoms with E-state index in [2.05, 4.69) is 5.32 Å². The summed E-state index contributed by atoms with van der Waals surface area (Å²) in [6, 6.07) is 5.71. The third-order valence-corrected chi connectivity index (χ3v) is 3.88. The summed E-state index contributed by atoms with van der Waals surface area (Å²) < 4.78 is 44.8. The Kier molecular flexibility index (Phi) is 5.87. The zero-order valence-electron chi connectivity index (χ0n) is 13.0. The molecule has 0 spiro atoms. The van der Waals surface area contributed by atoms with Crippen molar-refractivity contribution in [1.82, 2.24) is 10.2 Å². The summed E-state index contributed by atoms with van der Waals surface area (Å²) in [5.74, 6) is 0.184. The van der Waals surface area contributed by atoms with E-state index in [-0.39, 0.29) is 12.3 Å². The molecule has 1 aromatic carbocycles. The number of hydrogen-bond donors (Lipinski definition) is 1. The van der Waals surface area contributed by atoms with Crippen LogP contribution in [0.3, 0.4) is 0 Å². The number of carbonyl (C=O) groups excluding carboxylic acids is 1. The summed E-state index contributed by atoms with van der Waals surface area (Å²) in [4.78, 5) is 13.3. The van der Waals surface area contributed by atoms with E-state index < -0.39 is 18.2 Å². The monoisotopic (exact) mass is 330 g/mol. The summed E-state index contributed by atoms with van der Waals surface area (Å²) in [7, 11) is 1.50. The molecule has 1 aliphatic rings. The first-order valence-electron chi connectivity index (χ1n) is 7.56. The van der Waals surface area contributed by atoms with Gasteiger partial charge in [0.25, 0.3) is 0 Å². The van der Waals surface area contributed by atoms with Crippen LogP contribution in [0.4, 0.5) is 18.0 Å². The number of urea groups is 1. The van der Waals surface area contributed by atoms with Gasteiger partial charge in [0.2, 0.25) is 0 Å². The zero-order chi connectivity index (χ0) is 16.9. The number of alkyl halides is 3. The first kappa shape index (κ1) is 17.6. The quantitative estimate of drug-likeness (QED) is 0.902. The van der Waals surface area contributed by atoms with Crippen LogP contribution in [0.1, 0.15) is 12.0 Å². The van der Waals surface area contributed by atoms with Crippen molar-refractivity contribution in [3.8, 4) is 0 Å². The highest BCUT2D eigenvalue weighted by Gasteiger charge is 2.41. The van der Waals surface area contributed by atoms with Crippen LogP contribution in [0.2, 0.25) is 0 Å². The molecule has 4 nitrogen and oxygen atoms in total. The number of nitrogens with one attached hydrogen (secondary N) is 1. The third-order valence-electron chi connectivity index (χ3n) is 3.88. The second-order valence-electron chi connectivity index (χ2n) is 5.84. The van der Waals surface area contributed by atoms with E-state index in [9.17, 15) is 18.0 Å². The minimum Gasteiger partial charge on any atom is -0.381 e. The van der Waals surface area contributed by atoms with Gasteiger partial charge in [-0.15, -0.1) is 0 Å². The Morgan fingerprint density at radius 2 is 2.09 bits per heavy atom. The standard InChI is InChI=1S/C16H21F3N2O2/c1-21(10-13-7-8-23-11-13)15(22)20-14(16(17,18)19)9-12-5-3-2-4-6-12/h2-6,13-14H,7-11H2,1H3,(H,20,22)/t13-,14+/m1/s1. The van der Waals surface area contributed by atoms with E-state index in [4.69, 9.17) is 4.74 Å². The summed E-state index contributed by atoms with van der Waals surface area (Å²) in [6.07, 6.45) is -3.95. The molecule has 0 aliphatic carbocycles. The van der Waals surface area contributed by atoms with E-state index in [0.29, 0.717) is 25.3 Å². The van der Waals surface area contributed by atoms with Gasteiger partial charge in [-0.2, -0.15) is 13.2 Å². The number of amides is 2. The van der Waals surface area contributed by atoms with Crippen molar-refractivity contribution in [2.45, 2.75) is 25.1 Å². The molecule has 2 amide bonds. The fourth-order valence-electron chi connectivity index (χ4n) is 2.56. The lowest BCUT2D eigenvalue weighted by Crippen LogP contribution is -2.51. The van der Waals surface area contributed by atoms with Crippen molar-refractivity contribution in [3.63, 3.8) is 0 Å². The Labute approximate surface area is 133 Å². The van der Waals surface area contributed by atoms with Gasteiger partial charge in [-0.3, -0.25) is 0 Å². The normalized spacial score (nSPS) is 19.4. The first-order chi connectivity index (χ1) is 10.9. The number of halogens is 3. The highest BCUT2D eigenvalue weighted by molar-refractivity contribution is 5.74. The summed E-state index contributed by atoms with van der Waals surface area (Å²) in [5.41, 5.74) is 0.530. The van der Waals surface area contributed by atoms with Gasteiger partial charge in [-0.1, -0.05) is 30.3 Å². The molecule has 128 valence electrons. The van der Waals surface area contributed by atoms with Gasteiger partial charge in [-0.05, 0) is 12.0 Å². The number of ether oxygens (including phenoxy) is 1. The minimum atomic E-state index is -4.50. The van der Waals surface area contributed by atoms with E-state index in [1.54, 1.807) is 30.3 Å². The highest BCUT2D eigenvalue weighted by Crippen LogP contribution is 2.23. The topological polar surface area (TPSA) is 41.6 Å². The SMILES string of the molecule is CN(C[C@H]1CCOC1)C(=O)N[C@@H](Cc1ccccc1)C(F)(F)F. The van der Waals surface area contributed by atoms with Gasteiger partial charge in [0.05, 0.1) is 6.61 Å². The van der Waals surface area contributed by atoms with Crippen LogP contribution in [0.15, 0.2) is 30.3 Å². The molecule has 0 aromatic heterocycles. The number of benzene rings is 1. The Morgan fingerprint density at radius 1 is 1.39 bits per heavy atom. The van der Waals surface area contributed by atoms with Gasteiger partial charge >= 0.3 is 12.2 Å². The average molecular weight is 330 g/mol. The number of nitrogens with zero attached hydrogens (tertiary/aromatic N) is 1. The molecule has 1 aromatic rings. The summed E-state index contributed by atoms with van der Waals surface area (Å²) >= 11 is 0. The highest BCUT2D eigenvalue weighted by atomic mass is 19.4. The van der Waals surface area contributed by atoms with Crippen LogP contribution in [0.5, 0.6) is 0 Å². The molecule has 1 saturated heterocycles. The Balaban J connectivity index is 1.95. The van der Waals surface area contributed by atoms with E-state index in [1.165, 1.54) is 11.9 Å². The maximum absolute atomic E-state index is 13.2. The van der Waals surface area contributed by atoms with Crippen LogP contribution in [-0.4, -0.2) is 50.0 Å². The van der Waals surface area contributed by atoms with Crippen molar-refractivity contribution in [1.29, 1.82) is 0 Å². The van der Waals surface area contributed by atoms with Gasteiger partial charge in [0.1, 0.15) is 6.04 Å². The molecule has 1 aliphatic heterocycles. The van der Waals surface area contributed by atoms with Crippen LogP contribution in [0, 0.1) is 5.92 Å². The molecule has 1 N–H and O–H groups in total. The molecule has 7 heteroatoms. The molecular formula is C16H21F3N2O2. The van der Waals surface area contributed by atoms with E-state index in [0.717, 1.165) is 6.42 Å². The first-order valence-corrected chi connectivity index (χ1v) is 7.56. The minimum absolute atomic E-state index is 0.184. The molecule has 23 heavy (non-hydrogen) atoms. The number of carbonyl (C=O) groups is 1. The molecule has 2 rings (SSSR count). The maximum Gasteiger partial charge on any atom is 0.408 e. The fourth-order valence-corrected chi connectivity index (χ4v) is 2.56. The van der Waals surface area contributed by atoms with Gasteiger partial charge in [0.15, 0.2) is 0 Å². The Hall–Kier alpha value is -1.76. The molecule has 2 atom stereocenters. The number of rotatable bonds is 5. The second-order valence-corrected chi connectivity index (χ2v) is 5.84. The molecule has 0 radical (unpaired) electrons. The van der Waals surface area contributed by atoms with Crippen molar-refractivity contribution >= 4 is 6.03 Å². The lowest BCUT2D eigenvalue weighted by Gasteiger charge is -2.26. The molecule has 0 saturated carbocycles. The summed E-state index contributed by atoms with van der Waals surface area (Å²) in [5, 5.41) is 2.10. The smallest absolute Gasteiger partial charge is 0.381 e. The predicted molar refractivity (Wildman–Crippen MR) is 80.1 cm³/mol. The largest absolute Gasteiger partial charge is 0.408 e. The van der Waals surface area contributed by atoms with Crippen LogP contribution < -0.4 is 5.32 Å². The van der Waals surface area contributed by atoms with Crippen molar-refractivity contribution < 1.29 is 22.7 Å². The van der Waals surface area contributed by atoms with Gasteiger partial charge in [-0.25, -0.2) is 4.79 Å². The van der Waals surface area contributed by atoms with Crippen LogP contribution in [0.25, 0.3) is 0 Å². The third kappa shape index (κ3) is 5.42. The van der Waals surface area contributed by atoms with Crippen LogP contribution >= 0.6 is 0 Å². The lowest BCUT2D eigenvalue weighted by molar-refractivity contribution is -0.153. The maximum atomic E-state index is 13.2.